The summed E-state index contributed by atoms with van der Waals surface area (Å²) in [5.74, 6) is -0.793. The molecule has 9 heteroatoms. The number of amides is 2. The molecule has 0 spiro atoms. The van der Waals surface area contributed by atoms with Gasteiger partial charge in [-0.2, -0.15) is 0 Å². The molecule has 0 aromatic heterocycles. The zero-order valence-electron chi connectivity index (χ0n) is 26.2. The lowest BCUT2D eigenvalue weighted by Gasteiger charge is -2.34. The fraction of sp³-hybridized carbons (Fsp3) is 0.278. The maximum Gasteiger partial charge on any atom is 0.264 e. The minimum atomic E-state index is -4.20. The maximum atomic E-state index is 14.5. The van der Waals surface area contributed by atoms with E-state index in [0.29, 0.717) is 17.3 Å². The number of anilines is 1. The highest BCUT2D eigenvalue weighted by atomic mass is 35.5. The lowest BCUT2D eigenvalue weighted by molar-refractivity contribution is -0.140. The highest BCUT2D eigenvalue weighted by Crippen LogP contribution is 2.27. The molecular weight excluding hydrogens is 606 g/mol. The van der Waals surface area contributed by atoms with Gasteiger partial charge in [0, 0.05) is 24.5 Å². The third kappa shape index (κ3) is 8.74. The predicted molar refractivity (Wildman–Crippen MR) is 181 cm³/mol. The Labute approximate surface area is 271 Å². The summed E-state index contributed by atoms with van der Waals surface area (Å²) in [7, 11) is -4.20. The van der Waals surface area contributed by atoms with Crippen LogP contribution in [0.25, 0.3) is 0 Å². The van der Waals surface area contributed by atoms with Gasteiger partial charge in [-0.1, -0.05) is 84.8 Å². The number of halogens is 1. The van der Waals surface area contributed by atoms with E-state index in [1.165, 1.54) is 29.2 Å². The molecule has 0 unspecified atom stereocenters. The van der Waals surface area contributed by atoms with Crippen LogP contribution in [0, 0.1) is 20.8 Å². The van der Waals surface area contributed by atoms with Crippen LogP contribution in [0.15, 0.2) is 102 Å². The van der Waals surface area contributed by atoms with Crippen LogP contribution < -0.4 is 9.62 Å². The summed E-state index contributed by atoms with van der Waals surface area (Å²) in [4.78, 5) is 29.8. The number of aryl methyl sites for hydroxylation is 3. The highest BCUT2D eigenvalue weighted by Gasteiger charge is 2.34. The summed E-state index contributed by atoms with van der Waals surface area (Å²) in [6.07, 6.45) is 0.997. The van der Waals surface area contributed by atoms with E-state index in [1.54, 1.807) is 12.1 Å². The molecule has 0 heterocycles. The van der Waals surface area contributed by atoms with Crippen molar-refractivity contribution in [2.75, 3.05) is 17.4 Å². The Hall–Kier alpha value is -4.14. The monoisotopic (exact) mass is 645 g/mol. The lowest BCUT2D eigenvalue weighted by Crippen LogP contribution is -2.53. The van der Waals surface area contributed by atoms with Gasteiger partial charge in [0.1, 0.15) is 12.6 Å². The van der Waals surface area contributed by atoms with Crippen LogP contribution in [0.5, 0.6) is 0 Å². The molecule has 236 valence electrons. The zero-order chi connectivity index (χ0) is 32.6. The maximum absolute atomic E-state index is 14.5. The minimum Gasteiger partial charge on any atom is -0.354 e. The van der Waals surface area contributed by atoms with E-state index in [4.69, 9.17) is 11.6 Å². The fourth-order valence-electron chi connectivity index (χ4n) is 4.95. The molecular formula is C36H40ClN3O4S. The number of benzene rings is 4. The number of nitrogens with zero attached hydrogens (tertiary/aromatic N) is 2. The van der Waals surface area contributed by atoms with Crippen molar-refractivity contribution in [1.29, 1.82) is 0 Å². The molecule has 0 aliphatic heterocycles. The second kappa shape index (κ2) is 15.2. The average Bonchev–Trinajstić information content (AvgIpc) is 3.03. The van der Waals surface area contributed by atoms with Gasteiger partial charge in [-0.3, -0.25) is 13.9 Å². The first-order valence-electron chi connectivity index (χ1n) is 15.0. The minimum absolute atomic E-state index is 0.00420. The van der Waals surface area contributed by atoms with Gasteiger partial charge in [0.05, 0.1) is 10.6 Å². The first kappa shape index (κ1) is 33.7. The number of hydrogen-bond acceptors (Lipinski definition) is 4. The van der Waals surface area contributed by atoms with Crippen LogP contribution >= 0.6 is 11.6 Å². The van der Waals surface area contributed by atoms with Crippen LogP contribution in [0.2, 0.25) is 5.02 Å². The van der Waals surface area contributed by atoms with Gasteiger partial charge in [-0.15, -0.1) is 0 Å². The van der Waals surface area contributed by atoms with Crippen LogP contribution in [0.1, 0.15) is 41.2 Å². The molecule has 4 aromatic rings. The smallest absolute Gasteiger partial charge is 0.264 e. The molecule has 4 aromatic carbocycles. The first-order valence-corrected chi connectivity index (χ1v) is 16.8. The van der Waals surface area contributed by atoms with E-state index < -0.39 is 28.5 Å². The number of carbonyl (C=O) groups excluding carboxylic acids is 2. The summed E-state index contributed by atoms with van der Waals surface area (Å²) in [5.41, 5.74) is 5.00. The van der Waals surface area contributed by atoms with Crippen molar-refractivity contribution in [2.24, 2.45) is 0 Å². The Bertz CT molecular complexity index is 1710. The molecule has 0 radical (unpaired) electrons. The first-order chi connectivity index (χ1) is 21.5. The summed E-state index contributed by atoms with van der Waals surface area (Å²) in [5, 5.41) is 3.36. The van der Waals surface area contributed by atoms with Gasteiger partial charge in [0.15, 0.2) is 0 Å². The van der Waals surface area contributed by atoms with E-state index >= 15 is 0 Å². The normalized spacial score (nSPS) is 11.9. The number of nitrogens with one attached hydrogen (secondary N) is 1. The predicted octanol–water partition coefficient (Wildman–Crippen LogP) is 6.63. The SMILES string of the molecule is CCCNC(=O)[C@@H](Cc1ccccc1)N(Cc1ccc(C)cc1)C(=O)CN(c1ccc(C)c(C)c1)S(=O)(=O)c1ccc(Cl)cc1. The second-order valence-corrected chi connectivity index (χ2v) is 13.5. The van der Waals surface area contributed by atoms with Gasteiger partial charge in [0.2, 0.25) is 11.8 Å². The molecule has 0 fully saturated rings. The van der Waals surface area contributed by atoms with Crippen molar-refractivity contribution in [3.05, 3.63) is 130 Å². The largest absolute Gasteiger partial charge is 0.354 e. The summed E-state index contributed by atoms with van der Waals surface area (Å²) < 4.78 is 29.4. The van der Waals surface area contributed by atoms with Crippen molar-refractivity contribution in [2.45, 2.75) is 58.0 Å². The molecule has 45 heavy (non-hydrogen) atoms. The van der Waals surface area contributed by atoms with Gasteiger partial charge in [0.25, 0.3) is 10.0 Å². The van der Waals surface area contributed by atoms with Crippen LogP contribution in [0.4, 0.5) is 5.69 Å². The standard InChI is InChI=1S/C36H40ClN3O4S/c1-5-21-38-36(42)34(23-29-9-7-6-8-10-29)39(24-30-14-11-26(2)12-15-30)35(41)25-40(32-18-13-27(3)28(4)22-32)45(43,44)33-19-16-31(37)17-20-33/h6-20,22,34H,5,21,23-25H2,1-4H3,(H,38,42)/t34-/m1/s1. The quantitative estimate of drug-likeness (QED) is 0.177. The van der Waals surface area contributed by atoms with Crippen molar-refractivity contribution in [1.82, 2.24) is 10.2 Å². The van der Waals surface area contributed by atoms with Crippen LogP contribution in [0.3, 0.4) is 0 Å². The van der Waals surface area contributed by atoms with Crippen molar-refractivity contribution in [3.63, 3.8) is 0 Å². The average molecular weight is 646 g/mol. The van der Waals surface area contributed by atoms with Crippen molar-refractivity contribution < 1.29 is 18.0 Å². The second-order valence-electron chi connectivity index (χ2n) is 11.2. The molecule has 1 N–H and O–H groups in total. The number of rotatable bonds is 13. The Morgan fingerprint density at radius 3 is 2.11 bits per heavy atom. The van der Waals surface area contributed by atoms with Gasteiger partial charge >= 0.3 is 0 Å². The molecule has 7 nitrogen and oxygen atoms in total. The molecule has 0 aliphatic rings. The summed E-state index contributed by atoms with van der Waals surface area (Å²) in [6.45, 7) is 7.84. The van der Waals surface area contributed by atoms with Crippen LogP contribution in [-0.2, 0) is 32.6 Å². The summed E-state index contributed by atoms with van der Waals surface area (Å²) in [6, 6.07) is 27.5. The number of sulfonamides is 1. The molecule has 0 saturated carbocycles. The number of hydrogen-bond donors (Lipinski definition) is 1. The molecule has 0 aliphatic carbocycles. The van der Waals surface area contributed by atoms with Crippen LogP contribution in [-0.4, -0.2) is 44.3 Å². The van der Waals surface area contributed by atoms with Gasteiger partial charge < -0.3 is 10.2 Å². The van der Waals surface area contributed by atoms with E-state index in [2.05, 4.69) is 5.32 Å². The Morgan fingerprint density at radius 2 is 1.49 bits per heavy atom. The molecule has 4 rings (SSSR count). The van der Waals surface area contributed by atoms with E-state index in [9.17, 15) is 18.0 Å². The van der Waals surface area contributed by atoms with Crippen molar-refractivity contribution >= 4 is 39.1 Å². The summed E-state index contributed by atoms with van der Waals surface area (Å²) >= 11 is 6.07. The zero-order valence-corrected chi connectivity index (χ0v) is 27.7. The molecule has 0 bridgehead atoms. The fourth-order valence-corrected chi connectivity index (χ4v) is 6.49. The molecule has 1 atom stereocenters. The van der Waals surface area contributed by atoms with Crippen molar-refractivity contribution in [3.8, 4) is 0 Å². The topological polar surface area (TPSA) is 86.8 Å². The lowest BCUT2D eigenvalue weighted by atomic mass is 10.0. The molecule has 0 saturated heterocycles. The number of carbonyl (C=O) groups is 2. The Balaban J connectivity index is 1.81. The third-order valence-corrected chi connectivity index (χ3v) is 9.79. The van der Waals surface area contributed by atoms with E-state index in [1.807, 2.05) is 88.4 Å². The molecule has 2 amide bonds. The van der Waals surface area contributed by atoms with Gasteiger partial charge in [-0.25, -0.2) is 8.42 Å². The van der Waals surface area contributed by atoms with E-state index in [0.717, 1.165) is 38.5 Å². The third-order valence-electron chi connectivity index (χ3n) is 7.75. The highest BCUT2D eigenvalue weighted by molar-refractivity contribution is 7.92. The Kier molecular flexibility index (Phi) is 11.4. The van der Waals surface area contributed by atoms with E-state index in [-0.39, 0.29) is 23.8 Å². The van der Waals surface area contributed by atoms with Gasteiger partial charge in [-0.05, 0) is 85.8 Å². The Morgan fingerprint density at radius 1 is 0.822 bits per heavy atom.